The quantitative estimate of drug-likeness (QED) is 0.560. The van der Waals surface area contributed by atoms with E-state index in [0.717, 1.165) is 16.9 Å². The van der Waals surface area contributed by atoms with Gasteiger partial charge in [-0.25, -0.2) is 4.39 Å². The summed E-state index contributed by atoms with van der Waals surface area (Å²) in [6.07, 6.45) is 1.31. The Kier molecular flexibility index (Phi) is 9.32. The Hall–Kier alpha value is -2.89. The molecular weight excluding hydrogens is 383 g/mol. The number of nitrogens with zero attached hydrogens (tertiary/aromatic N) is 1. The van der Waals surface area contributed by atoms with Crippen molar-refractivity contribution < 1.29 is 18.7 Å². The molecule has 1 unspecified atom stereocenters. The van der Waals surface area contributed by atoms with Gasteiger partial charge in [0.2, 0.25) is 11.8 Å². The smallest absolute Gasteiger partial charge is 0.242 e. The molecular formula is C24H31FN2O3. The second-order valence-corrected chi connectivity index (χ2v) is 7.23. The molecule has 0 bridgehead atoms. The Bertz CT molecular complexity index is 806. The van der Waals surface area contributed by atoms with Gasteiger partial charge in [0.1, 0.15) is 17.6 Å². The number of carbonyl (C=O) groups excluding carboxylic acids is 2. The van der Waals surface area contributed by atoms with Gasteiger partial charge in [-0.2, -0.15) is 0 Å². The lowest BCUT2D eigenvalue weighted by molar-refractivity contribution is -0.141. The molecule has 162 valence electrons. The van der Waals surface area contributed by atoms with E-state index in [0.29, 0.717) is 26.0 Å². The van der Waals surface area contributed by atoms with Crippen LogP contribution in [0.5, 0.6) is 5.75 Å². The summed E-state index contributed by atoms with van der Waals surface area (Å²) in [5, 5.41) is 2.80. The monoisotopic (exact) mass is 414 g/mol. The molecule has 0 fully saturated rings. The van der Waals surface area contributed by atoms with E-state index in [4.69, 9.17) is 4.74 Å². The van der Waals surface area contributed by atoms with Crippen LogP contribution in [0.4, 0.5) is 4.39 Å². The molecule has 1 atom stereocenters. The molecule has 0 radical (unpaired) electrons. The highest BCUT2D eigenvalue weighted by Crippen LogP contribution is 2.16. The Morgan fingerprint density at radius 1 is 1.07 bits per heavy atom. The highest BCUT2D eigenvalue weighted by molar-refractivity contribution is 5.87. The van der Waals surface area contributed by atoms with Crippen molar-refractivity contribution in [2.75, 3.05) is 13.2 Å². The van der Waals surface area contributed by atoms with Crippen LogP contribution in [0.25, 0.3) is 0 Å². The highest BCUT2D eigenvalue weighted by atomic mass is 19.1. The molecule has 1 N–H and O–H groups in total. The van der Waals surface area contributed by atoms with Crippen molar-refractivity contribution in [1.29, 1.82) is 0 Å². The molecule has 2 aromatic carbocycles. The third-order valence-electron chi connectivity index (χ3n) is 4.83. The molecule has 0 aliphatic carbocycles. The Labute approximate surface area is 178 Å². The average Bonchev–Trinajstić information content (AvgIpc) is 2.74. The average molecular weight is 415 g/mol. The molecule has 0 aliphatic heterocycles. The summed E-state index contributed by atoms with van der Waals surface area (Å²) in [6.45, 7) is 6.91. The van der Waals surface area contributed by atoms with Gasteiger partial charge in [-0.3, -0.25) is 9.59 Å². The minimum absolute atomic E-state index is 0.120. The first-order chi connectivity index (χ1) is 14.4. The van der Waals surface area contributed by atoms with Gasteiger partial charge in [-0.05, 0) is 56.5 Å². The van der Waals surface area contributed by atoms with E-state index in [2.05, 4.69) is 5.32 Å². The number of benzene rings is 2. The van der Waals surface area contributed by atoms with Gasteiger partial charge in [0.05, 0.1) is 6.61 Å². The van der Waals surface area contributed by atoms with Gasteiger partial charge in [0, 0.05) is 19.5 Å². The summed E-state index contributed by atoms with van der Waals surface area (Å²) < 4.78 is 18.9. The van der Waals surface area contributed by atoms with Gasteiger partial charge in [0.25, 0.3) is 0 Å². The minimum Gasteiger partial charge on any atom is -0.494 e. The largest absolute Gasteiger partial charge is 0.494 e. The fourth-order valence-corrected chi connectivity index (χ4v) is 3.19. The molecule has 2 aromatic rings. The summed E-state index contributed by atoms with van der Waals surface area (Å²) in [7, 11) is 0. The van der Waals surface area contributed by atoms with Crippen molar-refractivity contribution in [3.05, 3.63) is 65.5 Å². The normalized spacial score (nSPS) is 11.6. The summed E-state index contributed by atoms with van der Waals surface area (Å²) in [4.78, 5) is 27.1. The number of amides is 2. The number of ether oxygens (including phenoxy) is 1. The number of nitrogens with one attached hydrogen (secondary N) is 1. The molecule has 0 saturated carbocycles. The van der Waals surface area contributed by atoms with Gasteiger partial charge in [-0.1, -0.05) is 36.8 Å². The first-order valence-corrected chi connectivity index (χ1v) is 10.5. The maximum absolute atomic E-state index is 13.2. The van der Waals surface area contributed by atoms with Crippen LogP contribution in [-0.4, -0.2) is 35.9 Å². The van der Waals surface area contributed by atoms with Crippen molar-refractivity contribution in [1.82, 2.24) is 10.2 Å². The first-order valence-electron chi connectivity index (χ1n) is 10.5. The lowest BCUT2D eigenvalue weighted by atomic mass is 10.1. The van der Waals surface area contributed by atoms with Crippen LogP contribution in [0.3, 0.4) is 0 Å². The zero-order chi connectivity index (χ0) is 21.9. The van der Waals surface area contributed by atoms with Gasteiger partial charge < -0.3 is 15.0 Å². The topological polar surface area (TPSA) is 58.6 Å². The molecule has 0 heterocycles. The van der Waals surface area contributed by atoms with Crippen LogP contribution in [0.1, 0.15) is 44.2 Å². The minimum atomic E-state index is -0.569. The van der Waals surface area contributed by atoms with Gasteiger partial charge >= 0.3 is 0 Å². The van der Waals surface area contributed by atoms with Crippen LogP contribution < -0.4 is 10.1 Å². The summed E-state index contributed by atoms with van der Waals surface area (Å²) >= 11 is 0. The van der Waals surface area contributed by atoms with Crippen molar-refractivity contribution in [3.63, 3.8) is 0 Å². The van der Waals surface area contributed by atoms with Crippen LogP contribution in [0, 0.1) is 12.7 Å². The molecule has 0 aromatic heterocycles. The van der Waals surface area contributed by atoms with Crippen LogP contribution in [0.2, 0.25) is 0 Å². The van der Waals surface area contributed by atoms with E-state index in [9.17, 15) is 14.0 Å². The Morgan fingerprint density at radius 3 is 2.33 bits per heavy atom. The molecule has 0 spiro atoms. The SMILES string of the molecule is CCNC(=O)C(CC)N(Cc1ccc(F)cc1)C(=O)CCCOc1ccc(C)cc1. The first kappa shape index (κ1) is 23.4. The molecule has 2 rings (SSSR count). The highest BCUT2D eigenvalue weighted by Gasteiger charge is 2.28. The molecule has 0 saturated heterocycles. The third kappa shape index (κ3) is 7.17. The second-order valence-electron chi connectivity index (χ2n) is 7.23. The fourth-order valence-electron chi connectivity index (χ4n) is 3.19. The number of aryl methyl sites for hydroxylation is 1. The summed E-state index contributed by atoms with van der Waals surface area (Å²) in [5.41, 5.74) is 1.94. The van der Waals surface area contributed by atoms with E-state index in [1.54, 1.807) is 17.0 Å². The van der Waals surface area contributed by atoms with Gasteiger partial charge in [-0.15, -0.1) is 0 Å². The zero-order valence-electron chi connectivity index (χ0n) is 18.0. The van der Waals surface area contributed by atoms with E-state index < -0.39 is 6.04 Å². The molecule has 30 heavy (non-hydrogen) atoms. The molecule has 5 nitrogen and oxygen atoms in total. The number of likely N-dealkylation sites (N-methyl/N-ethyl adjacent to an activating group) is 1. The maximum atomic E-state index is 13.2. The van der Waals surface area contributed by atoms with E-state index in [1.807, 2.05) is 45.0 Å². The van der Waals surface area contributed by atoms with Crippen LogP contribution in [-0.2, 0) is 16.1 Å². The van der Waals surface area contributed by atoms with E-state index in [1.165, 1.54) is 12.1 Å². The molecule has 0 aliphatic rings. The molecule has 6 heteroatoms. The van der Waals surface area contributed by atoms with E-state index >= 15 is 0 Å². The zero-order valence-corrected chi connectivity index (χ0v) is 18.0. The summed E-state index contributed by atoms with van der Waals surface area (Å²) in [5.74, 6) is 0.141. The summed E-state index contributed by atoms with van der Waals surface area (Å²) in [6, 6.07) is 13.2. The van der Waals surface area contributed by atoms with Crippen molar-refractivity contribution in [2.24, 2.45) is 0 Å². The number of hydrogen-bond acceptors (Lipinski definition) is 3. The van der Waals surface area contributed by atoms with Crippen molar-refractivity contribution in [2.45, 2.75) is 52.6 Å². The Balaban J connectivity index is 2.01. The number of halogens is 1. The lowest BCUT2D eigenvalue weighted by Gasteiger charge is -2.30. The number of rotatable bonds is 11. The Morgan fingerprint density at radius 2 is 1.73 bits per heavy atom. The van der Waals surface area contributed by atoms with Gasteiger partial charge in [0.15, 0.2) is 0 Å². The van der Waals surface area contributed by atoms with Crippen LogP contribution >= 0.6 is 0 Å². The third-order valence-corrected chi connectivity index (χ3v) is 4.83. The second kappa shape index (κ2) is 12.0. The van der Waals surface area contributed by atoms with E-state index in [-0.39, 0.29) is 30.6 Å². The number of hydrogen-bond donors (Lipinski definition) is 1. The predicted molar refractivity (Wildman–Crippen MR) is 116 cm³/mol. The predicted octanol–water partition coefficient (Wildman–Crippen LogP) is 4.24. The van der Waals surface area contributed by atoms with Crippen molar-refractivity contribution >= 4 is 11.8 Å². The maximum Gasteiger partial charge on any atom is 0.242 e. The lowest BCUT2D eigenvalue weighted by Crippen LogP contribution is -2.49. The standard InChI is InChI=1S/C24H31FN2O3/c1-4-22(24(29)26-5-2)27(17-19-10-12-20(25)13-11-19)23(28)7-6-16-30-21-14-8-18(3)9-15-21/h8-15,22H,4-7,16-17H2,1-3H3,(H,26,29). The van der Waals surface area contributed by atoms with Crippen molar-refractivity contribution in [3.8, 4) is 5.75 Å². The fraction of sp³-hybridized carbons (Fsp3) is 0.417. The number of carbonyl (C=O) groups is 2. The molecule has 2 amide bonds. The van der Waals surface area contributed by atoms with Crippen LogP contribution in [0.15, 0.2) is 48.5 Å².